The predicted molar refractivity (Wildman–Crippen MR) is 87.8 cm³/mol. The summed E-state index contributed by atoms with van der Waals surface area (Å²) in [7, 11) is -0.997. The summed E-state index contributed by atoms with van der Waals surface area (Å²) in [6.07, 6.45) is 10.1. The number of allylic oxidation sites excluding steroid dienone is 4. The molecule has 1 aromatic rings. The maximum absolute atomic E-state index is 2.45. The van der Waals surface area contributed by atoms with E-state index in [1.54, 1.807) is 14.3 Å². The molecule has 0 aromatic heterocycles. The molecule has 0 amide bonds. The van der Waals surface area contributed by atoms with Gasteiger partial charge in [0.1, 0.15) is 0 Å². The van der Waals surface area contributed by atoms with Crippen LogP contribution in [0.4, 0.5) is 0 Å². The molecular formula is C18H25Cl3SiTi. The Morgan fingerprint density at radius 3 is 2.09 bits per heavy atom. The van der Waals surface area contributed by atoms with Crippen LogP contribution in [-0.4, -0.2) is 8.80 Å². The van der Waals surface area contributed by atoms with E-state index in [1.807, 2.05) is 0 Å². The largest absolute Gasteiger partial charge is 1.00 e. The number of unbranched alkanes of at least 4 members (excludes halogenated alkanes) is 2. The zero-order valence-electron chi connectivity index (χ0n) is 14.1. The Morgan fingerprint density at radius 1 is 1.00 bits per heavy atom. The number of hydrogen-bond acceptors (Lipinski definition) is 0. The van der Waals surface area contributed by atoms with Crippen LogP contribution in [0.2, 0.25) is 6.04 Å². The summed E-state index contributed by atoms with van der Waals surface area (Å²) >= 11 is 2.33. The van der Waals surface area contributed by atoms with Crippen LogP contribution in [-0.2, 0) is 20.4 Å². The van der Waals surface area contributed by atoms with E-state index < -0.39 is 8.80 Å². The van der Waals surface area contributed by atoms with Crippen molar-refractivity contribution in [2.75, 3.05) is 0 Å². The summed E-state index contributed by atoms with van der Waals surface area (Å²) < 4.78 is 1.62. The van der Waals surface area contributed by atoms with Crippen molar-refractivity contribution in [3.05, 3.63) is 50.6 Å². The molecule has 1 atom stereocenters. The average molecular weight is 424 g/mol. The van der Waals surface area contributed by atoms with E-state index in [1.165, 1.54) is 42.9 Å². The molecule has 0 heterocycles. The van der Waals surface area contributed by atoms with Gasteiger partial charge in [-0.25, -0.2) is 0 Å². The van der Waals surface area contributed by atoms with Crippen molar-refractivity contribution in [3.63, 3.8) is 0 Å². The Morgan fingerprint density at radius 2 is 1.61 bits per heavy atom. The van der Waals surface area contributed by atoms with Crippen LogP contribution in [0.3, 0.4) is 0 Å². The van der Waals surface area contributed by atoms with Gasteiger partial charge in [-0.2, -0.15) is 0 Å². The summed E-state index contributed by atoms with van der Waals surface area (Å²) in [6.45, 7) is 6.77. The second-order valence-corrected chi connectivity index (χ2v) is 9.92. The van der Waals surface area contributed by atoms with E-state index in [0.29, 0.717) is 0 Å². The Labute approximate surface area is 173 Å². The first kappa shape index (κ1) is 25.7. The number of rotatable bonds is 6. The van der Waals surface area contributed by atoms with Crippen molar-refractivity contribution in [2.45, 2.75) is 52.5 Å². The molecule has 5 heteroatoms. The molecule has 0 spiro atoms. The molecule has 0 aliphatic heterocycles. The van der Waals surface area contributed by atoms with Crippen LogP contribution >= 0.6 is 0 Å². The smallest absolute Gasteiger partial charge is 1.00 e. The van der Waals surface area contributed by atoms with E-state index in [4.69, 9.17) is 0 Å². The van der Waals surface area contributed by atoms with Crippen molar-refractivity contribution in [2.24, 2.45) is 0 Å². The maximum atomic E-state index is 2.45. The molecular weight excluding hydrogens is 399 g/mol. The molecule has 0 bridgehead atoms. The van der Waals surface area contributed by atoms with Crippen LogP contribution in [0.25, 0.3) is 0 Å². The van der Waals surface area contributed by atoms with Crippen LogP contribution in [0.1, 0.15) is 43.7 Å². The van der Waals surface area contributed by atoms with Gasteiger partial charge in [0.2, 0.25) is 0 Å². The Kier molecular flexibility index (Phi) is 14.3. The molecule has 0 N–H and O–H groups in total. The summed E-state index contributed by atoms with van der Waals surface area (Å²) in [5, 5.41) is 3.37. The van der Waals surface area contributed by atoms with Gasteiger partial charge >= 0.3 is 137 Å². The van der Waals surface area contributed by atoms with Crippen LogP contribution in [0, 0.1) is 13.8 Å². The van der Waals surface area contributed by atoms with Crippen molar-refractivity contribution < 1.29 is 57.7 Å². The van der Waals surface area contributed by atoms with Crippen molar-refractivity contribution in [1.82, 2.24) is 0 Å². The molecule has 126 valence electrons. The first-order valence-electron chi connectivity index (χ1n) is 7.81. The molecule has 0 nitrogen and oxygen atoms in total. The van der Waals surface area contributed by atoms with E-state index in [-0.39, 0.29) is 37.2 Å². The van der Waals surface area contributed by atoms with Gasteiger partial charge in [0.05, 0.1) is 0 Å². The zero-order chi connectivity index (χ0) is 14.5. The molecule has 0 radical (unpaired) electrons. The summed E-state index contributed by atoms with van der Waals surface area (Å²) in [5.74, 6) is 0. The van der Waals surface area contributed by atoms with E-state index in [0.717, 1.165) is 0 Å². The van der Waals surface area contributed by atoms with Gasteiger partial charge in [0.25, 0.3) is 0 Å². The topological polar surface area (TPSA) is 0 Å². The Balaban J connectivity index is 0. The van der Waals surface area contributed by atoms with Gasteiger partial charge in [0, 0.05) is 0 Å². The summed E-state index contributed by atoms with van der Waals surface area (Å²) in [4.78, 5) is 0. The first-order valence-corrected chi connectivity index (χ1v) is 10.6. The molecule has 0 fully saturated rings. The zero-order valence-corrected chi connectivity index (χ0v) is 19.1. The van der Waals surface area contributed by atoms with Crippen molar-refractivity contribution in [1.29, 1.82) is 0 Å². The minimum Gasteiger partial charge on any atom is -1.00 e. The number of benzene rings is 1. The fourth-order valence-electron chi connectivity index (χ4n) is 3.16. The van der Waals surface area contributed by atoms with Gasteiger partial charge in [-0.05, 0) is 0 Å². The molecule has 23 heavy (non-hydrogen) atoms. The molecule has 1 unspecified atom stereocenters. The minimum atomic E-state index is -0.997. The summed E-state index contributed by atoms with van der Waals surface area (Å²) in [5.41, 5.74) is 2.85. The van der Waals surface area contributed by atoms with Gasteiger partial charge in [-0.15, -0.1) is 0 Å². The molecule has 1 aliphatic rings. The van der Waals surface area contributed by atoms with Crippen LogP contribution < -0.4 is 42.4 Å². The predicted octanol–water partition coefficient (Wildman–Crippen LogP) is -4.76. The first-order chi connectivity index (χ1) is 9.61. The van der Waals surface area contributed by atoms with Gasteiger partial charge < -0.3 is 37.2 Å². The van der Waals surface area contributed by atoms with E-state index >= 15 is 0 Å². The standard InChI is InChI=1S/C18H25Si.3ClH.Ti/c1-4-5-8-11-19(17-9-6-7-10-17)18-13-15(2)12-16(3)14-18;;;;/h6,9,12-14,19H,4-5,7-8,11H2,1-3H3;3*1H;/q;;;;+3/p-3. The third kappa shape index (κ3) is 7.50. The molecule has 2 rings (SSSR count). The Bertz CT molecular complexity index is 521. The molecule has 0 saturated carbocycles. The maximum Gasteiger partial charge on any atom is -1.00 e. The van der Waals surface area contributed by atoms with E-state index in [9.17, 15) is 0 Å². The van der Waals surface area contributed by atoms with Gasteiger partial charge in [-0.3, -0.25) is 0 Å². The number of halogens is 3. The van der Waals surface area contributed by atoms with Crippen molar-refractivity contribution in [3.8, 4) is 0 Å². The monoisotopic (exact) mass is 422 g/mol. The third-order valence-corrected chi connectivity index (χ3v) is 8.72. The minimum absolute atomic E-state index is 0. The quantitative estimate of drug-likeness (QED) is 0.318. The van der Waals surface area contributed by atoms with Crippen molar-refractivity contribution >= 4 is 14.0 Å². The fourth-order valence-corrected chi connectivity index (χ4v) is 7.83. The van der Waals surface area contributed by atoms with Gasteiger partial charge in [-0.1, -0.05) is 0 Å². The normalized spacial score (nSPS) is 14.0. The van der Waals surface area contributed by atoms with Crippen LogP contribution in [0.5, 0.6) is 0 Å². The average Bonchev–Trinajstić information content (AvgIpc) is 2.80. The third-order valence-electron chi connectivity index (χ3n) is 4.09. The molecule has 0 saturated heterocycles. The van der Waals surface area contributed by atoms with Gasteiger partial charge in [0.15, 0.2) is 0 Å². The molecule has 1 aliphatic carbocycles. The van der Waals surface area contributed by atoms with Crippen LogP contribution in [0.15, 0.2) is 39.4 Å². The fraction of sp³-hybridized carbons (Fsp3) is 0.444. The Hall–Kier alpha value is 0.501. The second kappa shape index (κ2) is 12.8. The second-order valence-electron chi connectivity index (χ2n) is 6.01. The number of aryl methyl sites for hydroxylation is 2. The van der Waals surface area contributed by atoms with E-state index in [2.05, 4.69) is 71.6 Å². The molecule has 1 aromatic carbocycles. The SMILES string of the molecule is CCCCC[SiH](C1=[C]([Ti+3])CC=C1)c1cc(C)cc(C)c1.[Cl-].[Cl-].[Cl-]. The summed E-state index contributed by atoms with van der Waals surface area (Å²) in [6, 6.07) is 8.62. The number of hydrogen-bond donors (Lipinski definition) is 0.